The van der Waals surface area contributed by atoms with Gasteiger partial charge in [0.1, 0.15) is 6.33 Å². The van der Waals surface area contributed by atoms with E-state index in [1.807, 2.05) is 30.3 Å². The van der Waals surface area contributed by atoms with E-state index in [0.717, 1.165) is 5.56 Å². The standard InChI is InChI=1S/C18H18N4O4/c23-17(12-26-11-14-4-2-1-3-5-14)10-21-13-19-18(20-21)15-6-8-16(9-7-15)22(24)25/h1-9,13,17,23H,10-12H2. The van der Waals surface area contributed by atoms with Gasteiger partial charge in [0.05, 0.1) is 30.8 Å². The second-order valence-electron chi connectivity index (χ2n) is 5.75. The van der Waals surface area contributed by atoms with Crippen molar-refractivity contribution in [3.63, 3.8) is 0 Å². The van der Waals surface area contributed by atoms with Gasteiger partial charge >= 0.3 is 0 Å². The smallest absolute Gasteiger partial charge is 0.269 e. The first kappa shape index (κ1) is 17.7. The van der Waals surface area contributed by atoms with Gasteiger partial charge in [0, 0.05) is 17.7 Å². The van der Waals surface area contributed by atoms with Crippen LogP contribution in [-0.4, -0.2) is 37.5 Å². The summed E-state index contributed by atoms with van der Waals surface area (Å²) in [6.07, 6.45) is 0.794. The molecule has 3 aromatic rings. The van der Waals surface area contributed by atoms with Crippen molar-refractivity contribution in [2.75, 3.05) is 6.61 Å². The molecule has 0 radical (unpaired) electrons. The molecule has 0 amide bonds. The molecule has 1 atom stereocenters. The summed E-state index contributed by atoms with van der Waals surface area (Å²) in [5, 5.41) is 25.0. The van der Waals surface area contributed by atoms with E-state index in [0.29, 0.717) is 18.0 Å². The Morgan fingerprint density at radius 3 is 2.58 bits per heavy atom. The number of aliphatic hydroxyl groups excluding tert-OH is 1. The summed E-state index contributed by atoms with van der Waals surface area (Å²) < 4.78 is 7.03. The van der Waals surface area contributed by atoms with E-state index in [1.165, 1.54) is 23.1 Å². The van der Waals surface area contributed by atoms with Crippen LogP contribution in [0.4, 0.5) is 5.69 Å². The quantitative estimate of drug-likeness (QED) is 0.492. The van der Waals surface area contributed by atoms with Crippen LogP contribution in [0.25, 0.3) is 11.4 Å². The molecule has 0 aliphatic rings. The van der Waals surface area contributed by atoms with Gasteiger partial charge in [0.15, 0.2) is 5.82 Å². The van der Waals surface area contributed by atoms with Crippen LogP contribution in [0.3, 0.4) is 0 Å². The molecule has 1 aromatic heterocycles. The average molecular weight is 354 g/mol. The maximum atomic E-state index is 10.7. The molecule has 0 fully saturated rings. The fourth-order valence-corrected chi connectivity index (χ4v) is 2.40. The van der Waals surface area contributed by atoms with Crippen molar-refractivity contribution in [2.45, 2.75) is 19.3 Å². The predicted octanol–water partition coefficient (Wildman–Crippen LogP) is 2.43. The number of aliphatic hydroxyl groups is 1. The summed E-state index contributed by atoms with van der Waals surface area (Å²) >= 11 is 0. The van der Waals surface area contributed by atoms with Gasteiger partial charge < -0.3 is 9.84 Å². The highest BCUT2D eigenvalue weighted by atomic mass is 16.6. The van der Waals surface area contributed by atoms with Gasteiger partial charge in [-0.1, -0.05) is 30.3 Å². The Morgan fingerprint density at radius 1 is 1.15 bits per heavy atom. The maximum absolute atomic E-state index is 10.7. The van der Waals surface area contributed by atoms with Crippen molar-refractivity contribution < 1.29 is 14.8 Å². The normalized spacial score (nSPS) is 12.0. The van der Waals surface area contributed by atoms with E-state index >= 15 is 0 Å². The van der Waals surface area contributed by atoms with E-state index in [9.17, 15) is 15.2 Å². The first-order valence-electron chi connectivity index (χ1n) is 8.06. The van der Waals surface area contributed by atoms with Gasteiger partial charge in [-0.05, 0) is 17.7 Å². The van der Waals surface area contributed by atoms with E-state index in [2.05, 4.69) is 10.1 Å². The first-order chi connectivity index (χ1) is 12.6. The Bertz CT molecular complexity index is 849. The maximum Gasteiger partial charge on any atom is 0.269 e. The monoisotopic (exact) mass is 354 g/mol. The van der Waals surface area contributed by atoms with E-state index < -0.39 is 11.0 Å². The van der Waals surface area contributed by atoms with Crippen LogP contribution in [0.5, 0.6) is 0 Å². The third kappa shape index (κ3) is 4.71. The number of non-ortho nitro benzene ring substituents is 1. The third-order valence-electron chi connectivity index (χ3n) is 3.69. The largest absolute Gasteiger partial charge is 0.389 e. The van der Waals surface area contributed by atoms with Crippen LogP contribution >= 0.6 is 0 Å². The highest BCUT2D eigenvalue weighted by Crippen LogP contribution is 2.18. The minimum absolute atomic E-state index is 0.0131. The highest BCUT2D eigenvalue weighted by Gasteiger charge is 2.11. The Labute approximate surface area is 149 Å². The first-order valence-corrected chi connectivity index (χ1v) is 8.06. The zero-order chi connectivity index (χ0) is 18.4. The van der Waals surface area contributed by atoms with E-state index in [-0.39, 0.29) is 18.8 Å². The van der Waals surface area contributed by atoms with Crippen LogP contribution in [-0.2, 0) is 17.9 Å². The molecule has 0 saturated heterocycles. The lowest BCUT2D eigenvalue weighted by Gasteiger charge is -2.11. The lowest BCUT2D eigenvalue weighted by Crippen LogP contribution is -2.22. The Balaban J connectivity index is 1.52. The molecule has 0 spiro atoms. The number of benzene rings is 2. The van der Waals surface area contributed by atoms with Crippen molar-refractivity contribution in [3.8, 4) is 11.4 Å². The number of hydrogen-bond donors (Lipinski definition) is 1. The molecule has 1 heterocycles. The van der Waals surface area contributed by atoms with E-state index in [4.69, 9.17) is 4.74 Å². The number of aromatic nitrogens is 3. The molecule has 2 aromatic carbocycles. The van der Waals surface area contributed by atoms with Crippen LogP contribution in [0, 0.1) is 10.1 Å². The molecule has 1 unspecified atom stereocenters. The van der Waals surface area contributed by atoms with E-state index in [1.54, 1.807) is 12.1 Å². The second kappa shape index (κ2) is 8.32. The topological polar surface area (TPSA) is 103 Å². The van der Waals surface area contributed by atoms with Gasteiger partial charge in [0.25, 0.3) is 5.69 Å². The number of rotatable bonds is 8. The van der Waals surface area contributed by atoms with Crippen LogP contribution in [0.1, 0.15) is 5.56 Å². The zero-order valence-corrected chi connectivity index (χ0v) is 13.9. The average Bonchev–Trinajstić information content (AvgIpc) is 3.11. The number of ether oxygens (including phenoxy) is 1. The minimum atomic E-state index is -0.717. The van der Waals surface area contributed by atoms with Crippen LogP contribution in [0.15, 0.2) is 60.9 Å². The van der Waals surface area contributed by atoms with Gasteiger partial charge in [-0.2, -0.15) is 5.10 Å². The summed E-state index contributed by atoms with van der Waals surface area (Å²) in [6.45, 7) is 0.861. The highest BCUT2D eigenvalue weighted by molar-refractivity contribution is 5.56. The van der Waals surface area contributed by atoms with Crippen LogP contribution in [0.2, 0.25) is 0 Å². The van der Waals surface area contributed by atoms with Crippen molar-refractivity contribution in [1.29, 1.82) is 0 Å². The van der Waals surface area contributed by atoms with Crippen molar-refractivity contribution >= 4 is 5.69 Å². The fourth-order valence-electron chi connectivity index (χ4n) is 2.40. The van der Waals surface area contributed by atoms with Crippen molar-refractivity contribution in [3.05, 3.63) is 76.6 Å². The Hall–Kier alpha value is -3.10. The summed E-state index contributed by atoms with van der Waals surface area (Å²) in [5.74, 6) is 0.442. The lowest BCUT2D eigenvalue weighted by molar-refractivity contribution is -0.384. The van der Waals surface area contributed by atoms with Gasteiger partial charge in [-0.3, -0.25) is 10.1 Å². The molecule has 3 rings (SSSR count). The van der Waals surface area contributed by atoms with Gasteiger partial charge in [-0.15, -0.1) is 0 Å². The van der Waals surface area contributed by atoms with Gasteiger partial charge in [0.2, 0.25) is 0 Å². The second-order valence-corrected chi connectivity index (χ2v) is 5.75. The molecule has 8 heteroatoms. The summed E-state index contributed by atoms with van der Waals surface area (Å²) in [7, 11) is 0. The fraction of sp³-hybridized carbons (Fsp3) is 0.222. The molecule has 1 N–H and O–H groups in total. The summed E-state index contributed by atoms with van der Waals surface area (Å²) in [6, 6.07) is 15.7. The van der Waals surface area contributed by atoms with Crippen molar-refractivity contribution in [1.82, 2.24) is 14.8 Å². The molecule has 0 saturated carbocycles. The molecule has 0 aliphatic carbocycles. The molecule has 26 heavy (non-hydrogen) atoms. The Kier molecular flexibility index (Phi) is 5.67. The number of nitro benzene ring substituents is 1. The molecular weight excluding hydrogens is 336 g/mol. The van der Waals surface area contributed by atoms with Crippen molar-refractivity contribution in [2.24, 2.45) is 0 Å². The zero-order valence-electron chi connectivity index (χ0n) is 13.9. The summed E-state index contributed by atoms with van der Waals surface area (Å²) in [4.78, 5) is 14.4. The Morgan fingerprint density at radius 2 is 1.88 bits per heavy atom. The minimum Gasteiger partial charge on any atom is -0.389 e. The number of nitro groups is 1. The lowest BCUT2D eigenvalue weighted by atomic mass is 10.2. The molecule has 0 aliphatic heterocycles. The SMILES string of the molecule is O=[N+]([O-])c1ccc(-c2ncn(CC(O)COCc3ccccc3)n2)cc1. The molecule has 134 valence electrons. The number of nitrogens with zero attached hydrogens (tertiary/aromatic N) is 4. The molecular formula is C18H18N4O4. The van der Waals surface area contributed by atoms with Gasteiger partial charge in [-0.25, -0.2) is 9.67 Å². The molecule has 0 bridgehead atoms. The summed E-state index contributed by atoms with van der Waals surface area (Å²) in [5.41, 5.74) is 1.73. The number of hydrogen-bond acceptors (Lipinski definition) is 6. The molecule has 8 nitrogen and oxygen atoms in total. The van der Waals surface area contributed by atoms with Crippen LogP contribution < -0.4 is 0 Å². The predicted molar refractivity (Wildman–Crippen MR) is 94.2 cm³/mol. The third-order valence-corrected chi connectivity index (χ3v) is 3.69.